The summed E-state index contributed by atoms with van der Waals surface area (Å²) < 4.78 is 5.11. The Morgan fingerprint density at radius 2 is 2.12 bits per heavy atom. The van der Waals surface area contributed by atoms with Gasteiger partial charge < -0.3 is 21.3 Å². The number of nitrogens with one attached hydrogen (secondary N) is 2. The van der Waals surface area contributed by atoms with Gasteiger partial charge in [0.05, 0.1) is 6.17 Å². The predicted molar refractivity (Wildman–Crippen MR) is 60.5 cm³/mol. The Morgan fingerprint density at radius 3 is 2.75 bits per heavy atom. The van der Waals surface area contributed by atoms with Crippen LogP contribution in [0.15, 0.2) is 0 Å². The van der Waals surface area contributed by atoms with Crippen LogP contribution < -0.4 is 16.9 Å². The monoisotopic (exact) mass is 234 g/mol. The van der Waals surface area contributed by atoms with Crippen LogP contribution in [0, 0.1) is 5.41 Å². The molecule has 7 heteroatoms. The Bertz CT molecular complexity index is 180. The van der Waals surface area contributed by atoms with Gasteiger partial charge in [-0.1, -0.05) is 12.8 Å². The molecule has 7 nitrogen and oxygen atoms in total. The van der Waals surface area contributed by atoms with Gasteiger partial charge in [-0.2, -0.15) is 5.48 Å². The fraction of sp³-hybridized carbons (Fsp3) is 0.889. The van der Waals surface area contributed by atoms with E-state index in [-0.39, 0.29) is 25.4 Å². The molecule has 0 aliphatic heterocycles. The quantitative estimate of drug-likeness (QED) is 0.105. The third kappa shape index (κ3) is 11.3. The van der Waals surface area contributed by atoms with Gasteiger partial charge in [-0.3, -0.25) is 10.2 Å². The molecule has 0 saturated carbocycles. The lowest BCUT2D eigenvalue weighted by atomic mass is 10.2. The van der Waals surface area contributed by atoms with Gasteiger partial charge in [0.1, 0.15) is 12.4 Å². The highest BCUT2D eigenvalue weighted by molar-refractivity contribution is 5.78. The number of hydrogen-bond acceptors (Lipinski definition) is 6. The lowest BCUT2D eigenvalue weighted by Gasteiger charge is -2.11. The molecule has 0 fully saturated rings. The average Bonchev–Trinajstić information content (AvgIpc) is 2.24. The van der Waals surface area contributed by atoms with E-state index in [4.69, 9.17) is 26.7 Å². The maximum atomic E-state index is 8.34. The van der Waals surface area contributed by atoms with E-state index in [0.717, 1.165) is 25.7 Å². The lowest BCUT2D eigenvalue weighted by molar-refractivity contribution is -0.0758. The number of hydroxylamine groups is 1. The second kappa shape index (κ2) is 10.8. The highest BCUT2D eigenvalue weighted by atomic mass is 16.7. The zero-order valence-electron chi connectivity index (χ0n) is 9.45. The van der Waals surface area contributed by atoms with Crippen LogP contribution in [0.4, 0.5) is 0 Å². The molecule has 0 aliphatic rings. The van der Waals surface area contributed by atoms with Gasteiger partial charge in [0, 0.05) is 6.61 Å². The molecular formula is C9H22N4O3. The van der Waals surface area contributed by atoms with Crippen LogP contribution in [-0.4, -0.2) is 37.1 Å². The summed E-state index contributed by atoms with van der Waals surface area (Å²) in [6.45, 7) is 0.424. The second-order valence-electron chi connectivity index (χ2n) is 3.42. The Kier molecular flexibility index (Phi) is 10.3. The van der Waals surface area contributed by atoms with Crippen molar-refractivity contribution in [3.05, 3.63) is 0 Å². The first-order valence-corrected chi connectivity index (χ1v) is 5.31. The van der Waals surface area contributed by atoms with Crippen molar-refractivity contribution >= 4 is 5.84 Å². The Labute approximate surface area is 95.5 Å². The molecule has 0 aromatic rings. The fourth-order valence-electron chi connectivity index (χ4n) is 1.13. The van der Waals surface area contributed by atoms with Crippen molar-refractivity contribution < 1.29 is 14.7 Å². The molecule has 0 aliphatic carbocycles. The highest BCUT2D eigenvalue weighted by Gasteiger charge is 2.00. The molecule has 0 aromatic carbocycles. The van der Waals surface area contributed by atoms with E-state index in [2.05, 4.69) is 10.3 Å². The summed E-state index contributed by atoms with van der Waals surface area (Å²) in [5.74, 6) is 0.0485. The SMILES string of the molecule is N=C(N)COCCCCCC(N)NOCO. The van der Waals surface area contributed by atoms with E-state index >= 15 is 0 Å². The van der Waals surface area contributed by atoms with Crippen molar-refractivity contribution in [1.82, 2.24) is 5.48 Å². The standard InChI is InChI=1S/C9H22N4O3/c10-8(11)6-15-5-3-1-2-4-9(12)13-16-7-14/h9,13-14H,1-7,12H2,(H3,10,11). The molecule has 0 amide bonds. The third-order valence-corrected chi connectivity index (χ3v) is 1.86. The van der Waals surface area contributed by atoms with E-state index in [0.29, 0.717) is 6.61 Å². The summed E-state index contributed by atoms with van der Waals surface area (Å²) in [6, 6.07) is 0. The van der Waals surface area contributed by atoms with Crippen molar-refractivity contribution in [3.8, 4) is 0 Å². The summed E-state index contributed by atoms with van der Waals surface area (Å²) in [6.07, 6.45) is 3.37. The van der Waals surface area contributed by atoms with Crippen molar-refractivity contribution in [2.24, 2.45) is 11.5 Å². The van der Waals surface area contributed by atoms with Crippen LogP contribution in [0.3, 0.4) is 0 Å². The first kappa shape index (κ1) is 15.3. The maximum absolute atomic E-state index is 8.34. The van der Waals surface area contributed by atoms with Crippen LogP contribution >= 0.6 is 0 Å². The molecule has 0 spiro atoms. The molecule has 0 bridgehead atoms. The van der Waals surface area contributed by atoms with Crippen LogP contribution in [0.1, 0.15) is 25.7 Å². The molecule has 0 radical (unpaired) electrons. The fourth-order valence-corrected chi connectivity index (χ4v) is 1.13. The van der Waals surface area contributed by atoms with Crippen LogP contribution in [0.2, 0.25) is 0 Å². The normalized spacial score (nSPS) is 12.6. The third-order valence-electron chi connectivity index (χ3n) is 1.86. The number of nitrogens with two attached hydrogens (primary N) is 2. The van der Waals surface area contributed by atoms with E-state index < -0.39 is 0 Å². The molecule has 0 saturated heterocycles. The van der Waals surface area contributed by atoms with Crippen molar-refractivity contribution in [2.45, 2.75) is 31.8 Å². The first-order valence-electron chi connectivity index (χ1n) is 5.31. The van der Waals surface area contributed by atoms with Gasteiger partial charge in [-0.25, -0.2) is 0 Å². The summed E-state index contributed by atoms with van der Waals surface area (Å²) in [5, 5.41) is 15.3. The van der Waals surface area contributed by atoms with Gasteiger partial charge in [-0.15, -0.1) is 0 Å². The molecule has 1 unspecified atom stereocenters. The number of hydrogen-bond donors (Lipinski definition) is 5. The Hall–Kier alpha value is -0.730. The van der Waals surface area contributed by atoms with Crippen molar-refractivity contribution in [2.75, 3.05) is 20.0 Å². The smallest absolute Gasteiger partial charge is 0.163 e. The Balaban J connectivity index is 3.11. The number of unbranched alkanes of at least 4 members (excludes halogenated alkanes) is 2. The highest BCUT2D eigenvalue weighted by Crippen LogP contribution is 2.01. The molecule has 16 heavy (non-hydrogen) atoms. The van der Waals surface area contributed by atoms with Crippen LogP contribution in [0.25, 0.3) is 0 Å². The second-order valence-corrected chi connectivity index (χ2v) is 3.42. The van der Waals surface area contributed by atoms with Gasteiger partial charge in [0.25, 0.3) is 0 Å². The minimum Gasteiger partial charge on any atom is -0.386 e. The molecule has 0 heterocycles. The lowest BCUT2D eigenvalue weighted by Crippen LogP contribution is -2.37. The van der Waals surface area contributed by atoms with Gasteiger partial charge in [0.15, 0.2) is 6.79 Å². The van der Waals surface area contributed by atoms with Crippen molar-refractivity contribution in [1.29, 1.82) is 5.41 Å². The molecule has 96 valence electrons. The Morgan fingerprint density at radius 1 is 1.38 bits per heavy atom. The van der Waals surface area contributed by atoms with E-state index in [1.807, 2.05) is 0 Å². The average molecular weight is 234 g/mol. The number of amidine groups is 1. The van der Waals surface area contributed by atoms with Crippen LogP contribution in [0.5, 0.6) is 0 Å². The number of ether oxygens (including phenoxy) is 1. The molecule has 0 aromatic heterocycles. The number of rotatable bonds is 11. The van der Waals surface area contributed by atoms with Crippen molar-refractivity contribution in [3.63, 3.8) is 0 Å². The van der Waals surface area contributed by atoms with E-state index in [1.54, 1.807) is 0 Å². The maximum Gasteiger partial charge on any atom is 0.163 e. The zero-order valence-corrected chi connectivity index (χ0v) is 9.45. The molecule has 7 N–H and O–H groups in total. The molecular weight excluding hydrogens is 212 g/mol. The van der Waals surface area contributed by atoms with Gasteiger partial charge in [0.2, 0.25) is 0 Å². The minimum atomic E-state index is -0.382. The topological polar surface area (TPSA) is 127 Å². The first-order chi connectivity index (χ1) is 7.66. The van der Waals surface area contributed by atoms with E-state index in [1.165, 1.54) is 0 Å². The van der Waals surface area contributed by atoms with Crippen LogP contribution in [-0.2, 0) is 9.57 Å². The summed E-state index contributed by atoms with van der Waals surface area (Å²) in [5.41, 5.74) is 13.2. The number of aliphatic hydroxyl groups excluding tert-OH is 1. The summed E-state index contributed by atoms with van der Waals surface area (Å²) in [4.78, 5) is 4.54. The number of aliphatic hydroxyl groups is 1. The molecule has 0 rings (SSSR count). The largest absolute Gasteiger partial charge is 0.386 e. The van der Waals surface area contributed by atoms with Gasteiger partial charge >= 0.3 is 0 Å². The van der Waals surface area contributed by atoms with E-state index in [9.17, 15) is 0 Å². The summed E-state index contributed by atoms with van der Waals surface area (Å²) in [7, 11) is 0. The van der Waals surface area contributed by atoms with Gasteiger partial charge in [-0.05, 0) is 12.8 Å². The summed E-state index contributed by atoms with van der Waals surface area (Å²) >= 11 is 0. The predicted octanol–water partition coefficient (Wildman–Crippen LogP) is -0.745. The molecule has 1 atom stereocenters. The minimum absolute atomic E-state index is 0.0485. The zero-order chi connectivity index (χ0) is 12.2.